The minimum absolute atomic E-state index is 0.0756. The summed E-state index contributed by atoms with van der Waals surface area (Å²) in [6.07, 6.45) is 0.839. The highest BCUT2D eigenvalue weighted by Crippen LogP contribution is 2.28. The van der Waals surface area contributed by atoms with Gasteiger partial charge >= 0.3 is 0 Å². The first-order valence-electron chi connectivity index (χ1n) is 6.32. The van der Waals surface area contributed by atoms with Gasteiger partial charge in [0.25, 0.3) is 0 Å². The largest absolute Gasteiger partial charge is 0.304 e. The predicted molar refractivity (Wildman–Crippen MR) is 73.3 cm³/mol. The molecule has 20 heavy (non-hydrogen) atoms. The molecule has 0 bridgehead atoms. The summed E-state index contributed by atoms with van der Waals surface area (Å²) in [5.41, 5.74) is 0.892. The summed E-state index contributed by atoms with van der Waals surface area (Å²) >= 11 is 1.37. The molecule has 0 fully saturated rings. The van der Waals surface area contributed by atoms with Crippen LogP contribution in [-0.4, -0.2) is 11.5 Å². The van der Waals surface area contributed by atoms with Crippen LogP contribution in [0.4, 0.5) is 13.2 Å². The molecule has 2 aromatic rings. The van der Waals surface area contributed by atoms with Crippen molar-refractivity contribution in [1.29, 1.82) is 0 Å². The molecule has 1 aromatic carbocycles. The molecule has 0 saturated carbocycles. The summed E-state index contributed by atoms with van der Waals surface area (Å²) in [6.45, 7) is 4.43. The summed E-state index contributed by atoms with van der Waals surface area (Å²) < 4.78 is 40.3. The lowest BCUT2D eigenvalue weighted by atomic mass is 10.1. The molecule has 108 valence electrons. The van der Waals surface area contributed by atoms with Gasteiger partial charge in [-0.2, -0.15) is 0 Å². The lowest BCUT2D eigenvalue weighted by Gasteiger charge is -2.17. The summed E-state index contributed by atoms with van der Waals surface area (Å²) in [5, 5.41) is 5.60. The van der Waals surface area contributed by atoms with E-state index in [0.29, 0.717) is 17.6 Å². The van der Waals surface area contributed by atoms with E-state index in [4.69, 9.17) is 0 Å². The van der Waals surface area contributed by atoms with Gasteiger partial charge in [-0.15, -0.1) is 11.3 Å². The van der Waals surface area contributed by atoms with E-state index < -0.39 is 23.5 Å². The fraction of sp³-hybridized carbons (Fsp3) is 0.357. The smallest absolute Gasteiger partial charge is 0.161 e. The SMILES string of the molecule is CCCNC(c1nc(C)cs1)c1cc(F)c(F)cc1F. The van der Waals surface area contributed by atoms with Crippen molar-refractivity contribution < 1.29 is 13.2 Å². The molecule has 0 amide bonds. The third-order valence-corrected chi connectivity index (χ3v) is 3.86. The van der Waals surface area contributed by atoms with Crippen LogP contribution in [0, 0.1) is 24.4 Å². The molecule has 0 spiro atoms. The van der Waals surface area contributed by atoms with E-state index >= 15 is 0 Å². The van der Waals surface area contributed by atoms with Crippen LogP contribution in [0.3, 0.4) is 0 Å². The number of nitrogens with zero attached hydrogens (tertiary/aromatic N) is 1. The van der Waals surface area contributed by atoms with Crippen molar-refractivity contribution in [1.82, 2.24) is 10.3 Å². The standard InChI is InChI=1S/C14H15F3N2S/c1-3-4-18-13(14-19-8(2)7-20-14)9-5-11(16)12(17)6-10(9)15/h5-7,13,18H,3-4H2,1-2H3. The molecule has 0 saturated heterocycles. The normalized spacial score (nSPS) is 12.7. The van der Waals surface area contributed by atoms with Crippen LogP contribution in [0.15, 0.2) is 17.5 Å². The van der Waals surface area contributed by atoms with Crippen LogP contribution >= 0.6 is 11.3 Å². The number of nitrogens with one attached hydrogen (secondary N) is 1. The predicted octanol–water partition coefficient (Wildman–Crippen LogP) is 3.96. The third kappa shape index (κ3) is 3.19. The number of aromatic nitrogens is 1. The molecule has 0 aliphatic carbocycles. The number of hydrogen-bond acceptors (Lipinski definition) is 3. The average molecular weight is 300 g/mol. The number of rotatable bonds is 5. The minimum Gasteiger partial charge on any atom is -0.304 e. The molecule has 1 heterocycles. The fourth-order valence-electron chi connectivity index (χ4n) is 1.88. The minimum atomic E-state index is -1.18. The lowest BCUT2D eigenvalue weighted by molar-refractivity contribution is 0.479. The molecule has 0 radical (unpaired) electrons. The van der Waals surface area contributed by atoms with Gasteiger partial charge in [0.2, 0.25) is 0 Å². The summed E-state index contributed by atoms with van der Waals surface area (Å²) in [5.74, 6) is -3.01. The molecule has 1 N–H and O–H groups in total. The third-order valence-electron chi connectivity index (χ3n) is 2.83. The maximum Gasteiger partial charge on any atom is 0.161 e. The zero-order valence-electron chi connectivity index (χ0n) is 11.2. The molecule has 1 atom stereocenters. The van der Waals surface area contributed by atoms with Crippen LogP contribution in [0.25, 0.3) is 0 Å². The van der Waals surface area contributed by atoms with Crippen LogP contribution in [0.1, 0.15) is 35.7 Å². The van der Waals surface area contributed by atoms with Gasteiger partial charge in [-0.05, 0) is 26.0 Å². The highest BCUT2D eigenvalue weighted by atomic mass is 32.1. The first kappa shape index (κ1) is 15.0. The van der Waals surface area contributed by atoms with Crippen molar-refractivity contribution in [2.75, 3.05) is 6.54 Å². The molecular weight excluding hydrogens is 285 g/mol. The van der Waals surface area contributed by atoms with Gasteiger partial charge < -0.3 is 5.32 Å². The summed E-state index contributed by atoms with van der Waals surface area (Å²) in [7, 11) is 0. The monoisotopic (exact) mass is 300 g/mol. The fourth-order valence-corrected chi connectivity index (χ4v) is 2.77. The van der Waals surface area contributed by atoms with Gasteiger partial charge in [0.1, 0.15) is 10.8 Å². The lowest BCUT2D eigenvalue weighted by Crippen LogP contribution is -2.24. The van der Waals surface area contributed by atoms with E-state index in [-0.39, 0.29) is 5.56 Å². The Kier molecular flexibility index (Phi) is 4.77. The topological polar surface area (TPSA) is 24.9 Å². The Balaban J connectivity index is 2.43. The number of benzene rings is 1. The number of hydrogen-bond donors (Lipinski definition) is 1. The molecular formula is C14H15F3N2S. The highest BCUT2D eigenvalue weighted by Gasteiger charge is 2.22. The van der Waals surface area contributed by atoms with Crippen LogP contribution in [0.2, 0.25) is 0 Å². The maximum absolute atomic E-state index is 13.9. The van der Waals surface area contributed by atoms with Crippen molar-refractivity contribution in [3.63, 3.8) is 0 Å². The summed E-state index contributed by atoms with van der Waals surface area (Å²) in [4.78, 5) is 4.31. The molecule has 2 rings (SSSR count). The second kappa shape index (κ2) is 6.37. The van der Waals surface area contributed by atoms with Gasteiger partial charge in [-0.3, -0.25) is 0 Å². The quantitative estimate of drug-likeness (QED) is 0.846. The molecule has 6 heteroatoms. The second-order valence-corrected chi connectivity index (χ2v) is 5.39. The summed E-state index contributed by atoms with van der Waals surface area (Å²) in [6, 6.07) is 0.907. The van der Waals surface area contributed by atoms with E-state index in [1.807, 2.05) is 19.2 Å². The molecule has 1 unspecified atom stereocenters. The van der Waals surface area contributed by atoms with Crippen molar-refractivity contribution in [3.05, 3.63) is 51.2 Å². The number of aryl methyl sites for hydroxylation is 1. The molecule has 0 aliphatic heterocycles. The molecule has 2 nitrogen and oxygen atoms in total. The Morgan fingerprint density at radius 1 is 1.20 bits per heavy atom. The van der Waals surface area contributed by atoms with Gasteiger partial charge in [-0.1, -0.05) is 6.92 Å². The first-order valence-corrected chi connectivity index (χ1v) is 7.20. The van der Waals surface area contributed by atoms with Crippen molar-refractivity contribution in [2.45, 2.75) is 26.3 Å². The zero-order valence-corrected chi connectivity index (χ0v) is 12.0. The Morgan fingerprint density at radius 3 is 2.50 bits per heavy atom. The van der Waals surface area contributed by atoms with E-state index in [2.05, 4.69) is 10.3 Å². The zero-order chi connectivity index (χ0) is 14.7. The van der Waals surface area contributed by atoms with E-state index in [1.165, 1.54) is 11.3 Å². The van der Waals surface area contributed by atoms with Gasteiger partial charge in [-0.25, -0.2) is 18.2 Å². The van der Waals surface area contributed by atoms with Gasteiger partial charge in [0.05, 0.1) is 6.04 Å². The van der Waals surface area contributed by atoms with E-state index in [9.17, 15) is 13.2 Å². The molecule has 0 aliphatic rings. The Hall–Kier alpha value is -1.40. The van der Waals surface area contributed by atoms with Crippen LogP contribution in [0.5, 0.6) is 0 Å². The van der Waals surface area contributed by atoms with Crippen LogP contribution < -0.4 is 5.32 Å². The Labute approximate surface area is 119 Å². The average Bonchev–Trinajstić information content (AvgIpc) is 2.82. The second-order valence-electron chi connectivity index (χ2n) is 4.50. The maximum atomic E-state index is 13.9. The van der Waals surface area contributed by atoms with Crippen LogP contribution in [-0.2, 0) is 0 Å². The van der Waals surface area contributed by atoms with Crippen molar-refractivity contribution in [2.24, 2.45) is 0 Å². The number of thiazole rings is 1. The molecule has 1 aromatic heterocycles. The van der Waals surface area contributed by atoms with Crippen molar-refractivity contribution in [3.8, 4) is 0 Å². The van der Waals surface area contributed by atoms with E-state index in [0.717, 1.165) is 18.2 Å². The highest BCUT2D eigenvalue weighted by molar-refractivity contribution is 7.09. The first-order chi connectivity index (χ1) is 9.52. The van der Waals surface area contributed by atoms with E-state index in [1.54, 1.807) is 0 Å². The number of halogens is 3. The van der Waals surface area contributed by atoms with Crippen molar-refractivity contribution >= 4 is 11.3 Å². The Morgan fingerprint density at radius 2 is 1.90 bits per heavy atom. The van der Waals surface area contributed by atoms with Gasteiger partial charge in [0.15, 0.2) is 11.6 Å². The van der Waals surface area contributed by atoms with Gasteiger partial charge in [0, 0.05) is 22.7 Å². The Bertz CT molecular complexity index is 598.